The molecule has 0 aliphatic heterocycles. The number of nitrogen functional groups attached to an aromatic ring is 1. The fourth-order valence-electron chi connectivity index (χ4n) is 2.38. The standard InChI is InChI=1S/C17H19N3O/c1-17(2,3)11-7-4-5-9-13(11)19-16-20-15-12(18)8-6-10-14(15)21-16/h4-10H,18H2,1-3H3,(H,19,20). The van der Waals surface area contributed by atoms with Crippen LogP contribution in [0, 0.1) is 0 Å². The van der Waals surface area contributed by atoms with Gasteiger partial charge >= 0.3 is 0 Å². The van der Waals surface area contributed by atoms with Gasteiger partial charge in [0.2, 0.25) is 0 Å². The second kappa shape index (κ2) is 4.81. The maximum atomic E-state index is 5.91. The van der Waals surface area contributed by atoms with Gasteiger partial charge in [0.05, 0.1) is 5.69 Å². The topological polar surface area (TPSA) is 64.1 Å². The molecule has 4 heteroatoms. The molecule has 0 bridgehead atoms. The largest absolute Gasteiger partial charge is 0.423 e. The lowest BCUT2D eigenvalue weighted by atomic mass is 9.86. The molecule has 0 aliphatic rings. The molecule has 0 atom stereocenters. The fourth-order valence-corrected chi connectivity index (χ4v) is 2.38. The number of aromatic nitrogens is 1. The van der Waals surface area contributed by atoms with E-state index >= 15 is 0 Å². The number of hydrogen-bond donors (Lipinski definition) is 2. The van der Waals surface area contributed by atoms with Crippen LogP contribution >= 0.6 is 0 Å². The minimum atomic E-state index is 0.0363. The normalized spacial score (nSPS) is 11.8. The molecule has 1 heterocycles. The van der Waals surface area contributed by atoms with Gasteiger partial charge in [0, 0.05) is 5.69 Å². The lowest BCUT2D eigenvalue weighted by Crippen LogP contribution is -2.13. The van der Waals surface area contributed by atoms with Crippen LogP contribution in [0.5, 0.6) is 0 Å². The van der Waals surface area contributed by atoms with E-state index in [1.165, 1.54) is 5.56 Å². The highest BCUT2D eigenvalue weighted by atomic mass is 16.4. The Morgan fingerprint density at radius 2 is 1.81 bits per heavy atom. The quantitative estimate of drug-likeness (QED) is 0.681. The van der Waals surface area contributed by atoms with Gasteiger partial charge in [-0.25, -0.2) is 0 Å². The van der Waals surface area contributed by atoms with Gasteiger partial charge < -0.3 is 15.5 Å². The van der Waals surface area contributed by atoms with Crippen molar-refractivity contribution in [3.8, 4) is 0 Å². The Bertz CT molecular complexity index is 784. The summed E-state index contributed by atoms with van der Waals surface area (Å²) in [5, 5.41) is 3.26. The molecule has 1 aromatic heterocycles. The van der Waals surface area contributed by atoms with Crippen molar-refractivity contribution in [1.82, 2.24) is 4.98 Å². The van der Waals surface area contributed by atoms with Crippen molar-refractivity contribution in [2.75, 3.05) is 11.1 Å². The maximum absolute atomic E-state index is 5.91. The van der Waals surface area contributed by atoms with Crippen LogP contribution in [0.15, 0.2) is 46.9 Å². The van der Waals surface area contributed by atoms with E-state index in [0.717, 1.165) is 5.69 Å². The van der Waals surface area contributed by atoms with Gasteiger partial charge in [0.1, 0.15) is 5.52 Å². The zero-order valence-corrected chi connectivity index (χ0v) is 12.5. The Labute approximate surface area is 124 Å². The number of nitrogens with zero attached hydrogens (tertiary/aromatic N) is 1. The first-order chi connectivity index (χ1) is 9.95. The molecule has 3 rings (SSSR count). The number of para-hydroxylation sites is 2. The summed E-state index contributed by atoms with van der Waals surface area (Å²) < 4.78 is 5.72. The molecule has 4 nitrogen and oxygen atoms in total. The summed E-state index contributed by atoms with van der Waals surface area (Å²) in [4.78, 5) is 4.43. The summed E-state index contributed by atoms with van der Waals surface area (Å²) in [5.74, 6) is 0. The average molecular weight is 281 g/mol. The third-order valence-corrected chi connectivity index (χ3v) is 3.43. The molecule has 0 saturated heterocycles. The highest BCUT2D eigenvalue weighted by Crippen LogP contribution is 2.32. The van der Waals surface area contributed by atoms with E-state index in [4.69, 9.17) is 10.2 Å². The van der Waals surface area contributed by atoms with Gasteiger partial charge in [-0.1, -0.05) is 45.0 Å². The minimum absolute atomic E-state index is 0.0363. The predicted molar refractivity (Wildman–Crippen MR) is 86.8 cm³/mol. The molecular formula is C17H19N3O. The third-order valence-electron chi connectivity index (χ3n) is 3.43. The average Bonchev–Trinajstić information content (AvgIpc) is 2.82. The number of benzene rings is 2. The second-order valence-corrected chi connectivity index (χ2v) is 6.13. The van der Waals surface area contributed by atoms with Crippen molar-refractivity contribution in [3.63, 3.8) is 0 Å². The zero-order chi connectivity index (χ0) is 15.0. The predicted octanol–water partition coefficient (Wildman–Crippen LogP) is 4.45. The molecule has 3 N–H and O–H groups in total. The number of nitrogens with two attached hydrogens (primary N) is 1. The molecule has 0 fully saturated rings. The molecule has 2 aromatic carbocycles. The van der Waals surface area contributed by atoms with Gasteiger partial charge in [-0.05, 0) is 29.2 Å². The second-order valence-electron chi connectivity index (χ2n) is 6.13. The van der Waals surface area contributed by atoms with E-state index in [9.17, 15) is 0 Å². The van der Waals surface area contributed by atoms with Crippen LogP contribution in [0.2, 0.25) is 0 Å². The molecular weight excluding hydrogens is 262 g/mol. The number of rotatable bonds is 2. The Morgan fingerprint density at radius 3 is 2.52 bits per heavy atom. The van der Waals surface area contributed by atoms with Gasteiger partial charge in [-0.15, -0.1) is 0 Å². The summed E-state index contributed by atoms with van der Waals surface area (Å²) in [5.41, 5.74) is 10.1. The van der Waals surface area contributed by atoms with Crippen LogP contribution in [0.3, 0.4) is 0 Å². The van der Waals surface area contributed by atoms with Crippen LogP contribution in [-0.4, -0.2) is 4.98 Å². The number of oxazole rings is 1. The molecule has 108 valence electrons. The van der Waals surface area contributed by atoms with Crippen molar-refractivity contribution in [3.05, 3.63) is 48.0 Å². The van der Waals surface area contributed by atoms with Crippen LogP contribution in [0.1, 0.15) is 26.3 Å². The Hall–Kier alpha value is -2.49. The number of anilines is 3. The first-order valence-electron chi connectivity index (χ1n) is 6.97. The van der Waals surface area contributed by atoms with Gasteiger partial charge in [-0.2, -0.15) is 4.98 Å². The lowest BCUT2D eigenvalue weighted by molar-refractivity contribution is 0.589. The lowest BCUT2D eigenvalue weighted by Gasteiger charge is -2.22. The Morgan fingerprint density at radius 1 is 1.05 bits per heavy atom. The molecule has 0 amide bonds. The first kappa shape index (κ1) is 13.5. The van der Waals surface area contributed by atoms with Crippen molar-refractivity contribution >= 4 is 28.5 Å². The van der Waals surface area contributed by atoms with Crippen molar-refractivity contribution in [2.45, 2.75) is 26.2 Å². The fraction of sp³-hybridized carbons (Fsp3) is 0.235. The molecule has 3 aromatic rings. The van der Waals surface area contributed by atoms with E-state index < -0.39 is 0 Å². The monoisotopic (exact) mass is 281 g/mol. The third kappa shape index (κ3) is 2.57. The van der Waals surface area contributed by atoms with E-state index in [0.29, 0.717) is 22.8 Å². The van der Waals surface area contributed by atoms with Crippen LogP contribution < -0.4 is 11.1 Å². The summed E-state index contributed by atoms with van der Waals surface area (Å²) >= 11 is 0. The summed E-state index contributed by atoms with van der Waals surface area (Å²) in [6.07, 6.45) is 0. The molecule has 0 radical (unpaired) electrons. The van der Waals surface area contributed by atoms with Crippen LogP contribution in [0.4, 0.5) is 17.4 Å². The van der Waals surface area contributed by atoms with Crippen LogP contribution in [0.25, 0.3) is 11.1 Å². The maximum Gasteiger partial charge on any atom is 0.300 e. The molecule has 0 spiro atoms. The minimum Gasteiger partial charge on any atom is -0.423 e. The van der Waals surface area contributed by atoms with Gasteiger partial charge in [0.25, 0.3) is 6.01 Å². The summed E-state index contributed by atoms with van der Waals surface area (Å²) in [6.45, 7) is 6.53. The Balaban J connectivity index is 2.01. The van der Waals surface area contributed by atoms with Crippen LogP contribution in [-0.2, 0) is 5.41 Å². The van der Waals surface area contributed by atoms with E-state index in [2.05, 4.69) is 37.1 Å². The SMILES string of the molecule is CC(C)(C)c1ccccc1Nc1nc2c(N)cccc2o1. The Kier molecular flexibility index (Phi) is 3.09. The number of fused-ring (bicyclic) bond motifs is 1. The molecule has 21 heavy (non-hydrogen) atoms. The van der Waals surface area contributed by atoms with Crippen molar-refractivity contribution < 1.29 is 4.42 Å². The van der Waals surface area contributed by atoms with Gasteiger partial charge in [0.15, 0.2) is 5.58 Å². The number of nitrogens with one attached hydrogen (secondary N) is 1. The van der Waals surface area contributed by atoms with Crippen molar-refractivity contribution in [2.24, 2.45) is 0 Å². The smallest absolute Gasteiger partial charge is 0.300 e. The summed E-state index contributed by atoms with van der Waals surface area (Å²) in [7, 11) is 0. The molecule has 0 unspecified atom stereocenters. The summed E-state index contributed by atoms with van der Waals surface area (Å²) in [6, 6.07) is 14.2. The molecule has 0 aliphatic carbocycles. The number of hydrogen-bond acceptors (Lipinski definition) is 4. The van der Waals surface area contributed by atoms with Gasteiger partial charge in [-0.3, -0.25) is 0 Å². The first-order valence-corrected chi connectivity index (χ1v) is 6.97. The van der Waals surface area contributed by atoms with E-state index in [1.807, 2.05) is 36.4 Å². The zero-order valence-electron chi connectivity index (χ0n) is 12.5. The highest BCUT2D eigenvalue weighted by molar-refractivity contribution is 5.86. The van der Waals surface area contributed by atoms with E-state index in [-0.39, 0.29) is 5.41 Å². The van der Waals surface area contributed by atoms with E-state index in [1.54, 1.807) is 0 Å². The highest BCUT2D eigenvalue weighted by Gasteiger charge is 2.18. The van der Waals surface area contributed by atoms with Crippen molar-refractivity contribution in [1.29, 1.82) is 0 Å². The molecule has 0 saturated carbocycles.